The lowest BCUT2D eigenvalue weighted by Gasteiger charge is -2.27. The van der Waals surface area contributed by atoms with E-state index >= 15 is 0 Å². The number of para-hydroxylation sites is 1. The van der Waals surface area contributed by atoms with E-state index in [9.17, 15) is 0 Å². The van der Waals surface area contributed by atoms with Gasteiger partial charge in [0.15, 0.2) is 5.75 Å². The largest absolute Gasteiger partial charge is 0.493 e. The molecule has 1 N–H and O–H groups in total. The maximum absolute atomic E-state index is 5.38. The zero-order valence-electron chi connectivity index (χ0n) is 10.7. The first-order valence-corrected chi connectivity index (χ1v) is 6.20. The Morgan fingerprint density at radius 2 is 2.22 bits per heavy atom. The van der Waals surface area contributed by atoms with E-state index in [-0.39, 0.29) is 6.04 Å². The molecule has 18 heavy (non-hydrogen) atoms. The molecule has 1 unspecified atom stereocenters. The van der Waals surface area contributed by atoms with Gasteiger partial charge in [-0.15, -0.1) is 0 Å². The summed E-state index contributed by atoms with van der Waals surface area (Å²) in [5.74, 6) is 0.856. The number of aryl methyl sites for hydroxylation is 2. The van der Waals surface area contributed by atoms with Crippen LogP contribution in [0.15, 0.2) is 30.5 Å². The highest BCUT2D eigenvalue weighted by Crippen LogP contribution is 2.35. The number of methoxy groups -OCH3 is 1. The van der Waals surface area contributed by atoms with Crippen LogP contribution in [0.25, 0.3) is 0 Å². The molecule has 0 aliphatic carbocycles. The molecule has 1 aromatic carbocycles. The molecule has 4 nitrogen and oxygen atoms in total. The van der Waals surface area contributed by atoms with E-state index in [4.69, 9.17) is 4.74 Å². The second kappa shape index (κ2) is 4.37. The third-order valence-corrected chi connectivity index (χ3v) is 3.55. The van der Waals surface area contributed by atoms with Crippen molar-refractivity contribution >= 4 is 5.69 Å². The van der Waals surface area contributed by atoms with Crippen molar-refractivity contribution in [2.45, 2.75) is 18.9 Å². The molecule has 1 aliphatic rings. The van der Waals surface area contributed by atoms with Crippen LogP contribution in [0.5, 0.6) is 5.75 Å². The Bertz CT molecular complexity index is 562. The van der Waals surface area contributed by atoms with E-state index in [0.717, 1.165) is 24.3 Å². The van der Waals surface area contributed by atoms with Gasteiger partial charge in [0.1, 0.15) is 5.69 Å². The number of ether oxygens (including phenoxy) is 1. The van der Waals surface area contributed by atoms with Crippen LogP contribution in [0.4, 0.5) is 5.69 Å². The van der Waals surface area contributed by atoms with Crippen molar-refractivity contribution in [3.05, 3.63) is 41.7 Å². The summed E-state index contributed by atoms with van der Waals surface area (Å²) in [4.78, 5) is 0. The van der Waals surface area contributed by atoms with E-state index in [1.807, 2.05) is 11.7 Å². The highest BCUT2D eigenvalue weighted by atomic mass is 16.5. The van der Waals surface area contributed by atoms with E-state index in [1.54, 1.807) is 13.3 Å². The Kier molecular flexibility index (Phi) is 2.70. The molecule has 2 heterocycles. The molecular weight excluding hydrogens is 226 g/mol. The lowest BCUT2D eigenvalue weighted by atomic mass is 9.96. The third kappa shape index (κ3) is 1.74. The number of nitrogens with zero attached hydrogens (tertiary/aromatic N) is 2. The summed E-state index contributed by atoms with van der Waals surface area (Å²) in [7, 11) is 3.65. The highest BCUT2D eigenvalue weighted by Gasteiger charge is 2.24. The average Bonchev–Trinajstić information content (AvgIpc) is 2.79. The molecule has 0 spiro atoms. The highest BCUT2D eigenvalue weighted by molar-refractivity contribution is 5.55. The molecule has 3 rings (SSSR count). The molecule has 0 bridgehead atoms. The zero-order valence-corrected chi connectivity index (χ0v) is 10.7. The number of benzene rings is 1. The zero-order chi connectivity index (χ0) is 12.5. The SMILES string of the molecule is COc1cnn(C)c1C1CCc2ccccc2N1. The van der Waals surface area contributed by atoms with Crippen LogP contribution in [0.2, 0.25) is 0 Å². The summed E-state index contributed by atoms with van der Waals surface area (Å²) in [5, 5.41) is 7.84. The van der Waals surface area contributed by atoms with Crippen LogP contribution in [0.1, 0.15) is 23.7 Å². The van der Waals surface area contributed by atoms with E-state index in [0.29, 0.717) is 0 Å². The van der Waals surface area contributed by atoms with Gasteiger partial charge in [-0.3, -0.25) is 4.68 Å². The fourth-order valence-electron chi connectivity index (χ4n) is 2.63. The van der Waals surface area contributed by atoms with Gasteiger partial charge in [0.2, 0.25) is 0 Å². The Morgan fingerprint density at radius 1 is 1.39 bits per heavy atom. The van der Waals surface area contributed by atoms with Crippen molar-refractivity contribution in [2.24, 2.45) is 7.05 Å². The number of nitrogens with one attached hydrogen (secondary N) is 1. The minimum Gasteiger partial charge on any atom is -0.493 e. The Balaban J connectivity index is 1.94. The average molecular weight is 243 g/mol. The smallest absolute Gasteiger partial charge is 0.162 e. The van der Waals surface area contributed by atoms with Gasteiger partial charge in [-0.1, -0.05) is 18.2 Å². The molecule has 94 valence electrons. The van der Waals surface area contributed by atoms with Gasteiger partial charge in [-0.05, 0) is 24.5 Å². The van der Waals surface area contributed by atoms with Crippen LogP contribution in [-0.4, -0.2) is 16.9 Å². The fourth-order valence-corrected chi connectivity index (χ4v) is 2.63. The van der Waals surface area contributed by atoms with Gasteiger partial charge in [0.05, 0.1) is 19.3 Å². The standard InChI is InChI=1S/C14H17N3O/c1-17-14(13(18-2)9-15-17)12-8-7-10-5-3-4-6-11(10)16-12/h3-6,9,12,16H,7-8H2,1-2H3. The lowest BCUT2D eigenvalue weighted by molar-refractivity contribution is 0.402. The summed E-state index contributed by atoms with van der Waals surface area (Å²) in [5.41, 5.74) is 3.72. The minimum atomic E-state index is 0.266. The normalized spacial score (nSPS) is 18.0. The van der Waals surface area contributed by atoms with Crippen LogP contribution in [0, 0.1) is 0 Å². The molecule has 1 aliphatic heterocycles. The number of hydrogen-bond donors (Lipinski definition) is 1. The Morgan fingerprint density at radius 3 is 3.06 bits per heavy atom. The molecular formula is C14H17N3O. The number of aromatic nitrogens is 2. The molecule has 0 fully saturated rings. The van der Waals surface area contributed by atoms with E-state index in [2.05, 4.69) is 34.7 Å². The molecule has 0 amide bonds. The lowest BCUT2D eigenvalue weighted by Crippen LogP contribution is -2.21. The first-order chi connectivity index (χ1) is 8.79. The first-order valence-electron chi connectivity index (χ1n) is 6.20. The van der Waals surface area contributed by atoms with Gasteiger partial charge < -0.3 is 10.1 Å². The Labute approximate surface area is 107 Å². The summed E-state index contributed by atoms with van der Waals surface area (Å²) >= 11 is 0. The minimum absolute atomic E-state index is 0.266. The van der Waals surface area contributed by atoms with Crippen LogP contribution in [0.3, 0.4) is 0 Å². The van der Waals surface area contributed by atoms with Gasteiger partial charge in [-0.2, -0.15) is 5.10 Å². The van der Waals surface area contributed by atoms with Crippen molar-refractivity contribution in [1.29, 1.82) is 0 Å². The monoisotopic (exact) mass is 243 g/mol. The molecule has 1 aromatic heterocycles. The maximum Gasteiger partial charge on any atom is 0.162 e. The van der Waals surface area contributed by atoms with E-state index in [1.165, 1.54) is 11.3 Å². The van der Waals surface area contributed by atoms with Crippen molar-refractivity contribution in [1.82, 2.24) is 9.78 Å². The fraction of sp³-hybridized carbons (Fsp3) is 0.357. The number of anilines is 1. The molecule has 0 saturated heterocycles. The second-order valence-electron chi connectivity index (χ2n) is 4.61. The topological polar surface area (TPSA) is 39.1 Å². The quantitative estimate of drug-likeness (QED) is 0.881. The molecule has 4 heteroatoms. The van der Waals surface area contributed by atoms with Crippen LogP contribution >= 0.6 is 0 Å². The molecule has 1 atom stereocenters. The van der Waals surface area contributed by atoms with Crippen molar-refractivity contribution in [2.75, 3.05) is 12.4 Å². The summed E-state index contributed by atoms with van der Waals surface area (Å²) in [6.07, 6.45) is 3.92. The van der Waals surface area contributed by atoms with Crippen molar-refractivity contribution < 1.29 is 4.74 Å². The third-order valence-electron chi connectivity index (χ3n) is 3.55. The number of fused-ring (bicyclic) bond motifs is 1. The van der Waals surface area contributed by atoms with Gasteiger partial charge in [0, 0.05) is 12.7 Å². The Hall–Kier alpha value is -1.97. The summed E-state index contributed by atoms with van der Waals surface area (Å²) < 4.78 is 7.28. The van der Waals surface area contributed by atoms with Gasteiger partial charge in [0.25, 0.3) is 0 Å². The van der Waals surface area contributed by atoms with Crippen molar-refractivity contribution in [3.8, 4) is 5.75 Å². The predicted octanol–water partition coefficient (Wildman–Crippen LogP) is 2.53. The van der Waals surface area contributed by atoms with Gasteiger partial charge in [-0.25, -0.2) is 0 Å². The van der Waals surface area contributed by atoms with Gasteiger partial charge >= 0.3 is 0 Å². The predicted molar refractivity (Wildman–Crippen MR) is 70.9 cm³/mol. The second-order valence-corrected chi connectivity index (χ2v) is 4.61. The molecule has 0 saturated carbocycles. The first kappa shape index (κ1) is 11.1. The van der Waals surface area contributed by atoms with Crippen LogP contribution in [-0.2, 0) is 13.5 Å². The van der Waals surface area contributed by atoms with Crippen LogP contribution < -0.4 is 10.1 Å². The maximum atomic E-state index is 5.38. The number of rotatable bonds is 2. The van der Waals surface area contributed by atoms with E-state index < -0.39 is 0 Å². The summed E-state index contributed by atoms with van der Waals surface area (Å²) in [6, 6.07) is 8.73. The summed E-state index contributed by atoms with van der Waals surface area (Å²) in [6.45, 7) is 0. The number of hydrogen-bond acceptors (Lipinski definition) is 3. The molecule has 2 aromatic rings. The molecule has 0 radical (unpaired) electrons. The van der Waals surface area contributed by atoms with Crippen molar-refractivity contribution in [3.63, 3.8) is 0 Å².